The number of aromatic nitrogens is 2. The molecule has 26 heavy (non-hydrogen) atoms. The molecule has 1 aliphatic heterocycles. The number of fused-ring (bicyclic) bond motifs is 2. The smallest absolute Gasteiger partial charge is 0.238 e. The third-order valence-electron chi connectivity index (χ3n) is 3.64. The van der Waals surface area contributed by atoms with Crippen LogP contribution in [0.4, 0.5) is 5.69 Å². The van der Waals surface area contributed by atoms with Crippen LogP contribution in [-0.2, 0) is 4.79 Å². The molecule has 1 amide bonds. The highest BCUT2D eigenvalue weighted by molar-refractivity contribution is 6.06. The number of para-hydroxylation sites is 2. The zero-order valence-electron chi connectivity index (χ0n) is 16.6. The van der Waals surface area contributed by atoms with E-state index >= 15 is 0 Å². The van der Waals surface area contributed by atoms with Gasteiger partial charge in [-0.25, -0.2) is 9.97 Å². The van der Waals surface area contributed by atoms with Crippen LogP contribution in [-0.4, -0.2) is 15.9 Å². The number of nitrogens with zero attached hydrogens (tertiary/aromatic N) is 2. The third kappa shape index (κ3) is 4.26. The molecule has 4 rings (SSSR count). The maximum atomic E-state index is 12.3. The molecule has 4 heteroatoms. The highest BCUT2D eigenvalue weighted by atomic mass is 16.2. The van der Waals surface area contributed by atoms with E-state index < -0.39 is 0 Å². The molecule has 138 valence electrons. The van der Waals surface area contributed by atoms with Crippen molar-refractivity contribution in [1.82, 2.24) is 9.97 Å². The number of benzene rings is 2. The van der Waals surface area contributed by atoms with Gasteiger partial charge in [0.15, 0.2) is 0 Å². The van der Waals surface area contributed by atoms with Crippen molar-refractivity contribution in [2.24, 2.45) is 0 Å². The van der Waals surface area contributed by atoms with Gasteiger partial charge in [0.05, 0.1) is 11.2 Å². The molecule has 1 aliphatic rings. The predicted octanol–water partition coefficient (Wildman–Crippen LogP) is 5.79. The first-order valence-electron chi connectivity index (χ1n) is 9.44. The minimum Gasteiger partial charge on any atom is -0.325 e. The molecule has 1 N–H and O–H groups in total. The fraction of sp³-hybridized carbons (Fsp3) is 0.318. The van der Waals surface area contributed by atoms with Crippen molar-refractivity contribution in [2.45, 2.75) is 47.5 Å². The second kappa shape index (κ2) is 11.0. The predicted molar refractivity (Wildman–Crippen MR) is 110 cm³/mol. The zero-order chi connectivity index (χ0) is 19.5. The maximum absolute atomic E-state index is 12.3. The molecule has 1 atom stereocenters. The van der Waals surface area contributed by atoms with E-state index in [2.05, 4.69) is 15.3 Å². The molecule has 1 aromatic heterocycles. The van der Waals surface area contributed by atoms with Gasteiger partial charge >= 0.3 is 0 Å². The topological polar surface area (TPSA) is 54.9 Å². The van der Waals surface area contributed by atoms with E-state index in [0.717, 1.165) is 27.8 Å². The van der Waals surface area contributed by atoms with E-state index in [1.807, 2.05) is 90.1 Å². The van der Waals surface area contributed by atoms with Gasteiger partial charge in [-0.15, -0.1) is 0 Å². The molecule has 1 unspecified atom stereocenters. The average molecular weight is 351 g/mol. The van der Waals surface area contributed by atoms with Crippen LogP contribution in [0.25, 0.3) is 10.9 Å². The Morgan fingerprint density at radius 3 is 2.15 bits per heavy atom. The minimum atomic E-state index is -0.362. The highest BCUT2D eigenvalue weighted by Gasteiger charge is 2.33. The molecular formula is C22H29N3O. The van der Waals surface area contributed by atoms with Crippen LogP contribution in [0.5, 0.6) is 0 Å². The molecule has 3 aromatic rings. The summed E-state index contributed by atoms with van der Waals surface area (Å²) in [4.78, 5) is 20.9. The number of nitrogens with one attached hydrogen (secondary N) is 1. The minimum absolute atomic E-state index is 0.0324. The summed E-state index contributed by atoms with van der Waals surface area (Å²) in [7, 11) is 0. The van der Waals surface area contributed by atoms with E-state index in [9.17, 15) is 4.79 Å². The summed E-state index contributed by atoms with van der Waals surface area (Å²) in [5, 5.41) is 3.83. The van der Waals surface area contributed by atoms with Crippen LogP contribution in [0.3, 0.4) is 0 Å². The van der Waals surface area contributed by atoms with E-state index in [4.69, 9.17) is 0 Å². The molecule has 0 aliphatic carbocycles. The normalized spacial score (nSPS) is 13.8. The van der Waals surface area contributed by atoms with Crippen LogP contribution in [0.2, 0.25) is 0 Å². The molecule has 2 aromatic carbocycles. The van der Waals surface area contributed by atoms with E-state index in [1.165, 1.54) is 6.33 Å². The van der Waals surface area contributed by atoms with Gasteiger partial charge in [-0.1, -0.05) is 77.9 Å². The summed E-state index contributed by atoms with van der Waals surface area (Å²) in [6, 6.07) is 15.5. The van der Waals surface area contributed by atoms with Crippen molar-refractivity contribution in [3.8, 4) is 0 Å². The van der Waals surface area contributed by atoms with Crippen LogP contribution < -0.4 is 5.32 Å². The van der Waals surface area contributed by atoms with Gasteiger partial charge in [-0.05, 0) is 17.7 Å². The number of anilines is 1. The SMILES string of the molecule is CC.CC.CC.O=C1Nc2ccccc2C1c1ncnc2ccccc12. The Balaban J connectivity index is 0.000000515. The number of carbonyl (C=O) groups excluding carboxylic acids is 1. The lowest BCUT2D eigenvalue weighted by Crippen LogP contribution is -2.15. The van der Waals surface area contributed by atoms with Crippen molar-refractivity contribution < 1.29 is 4.79 Å². The van der Waals surface area contributed by atoms with Gasteiger partial charge in [0.1, 0.15) is 12.2 Å². The van der Waals surface area contributed by atoms with Crippen molar-refractivity contribution in [2.75, 3.05) is 5.32 Å². The first-order chi connectivity index (χ1) is 12.8. The van der Waals surface area contributed by atoms with Crippen molar-refractivity contribution in [3.05, 3.63) is 66.1 Å². The number of carbonyl (C=O) groups is 1. The summed E-state index contributed by atoms with van der Waals surface area (Å²) >= 11 is 0. The summed E-state index contributed by atoms with van der Waals surface area (Å²) in [6.07, 6.45) is 1.52. The monoisotopic (exact) mass is 351 g/mol. The zero-order valence-corrected chi connectivity index (χ0v) is 16.6. The molecule has 4 nitrogen and oxygen atoms in total. The molecule has 0 fully saturated rings. The van der Waals surface area contributed by atoms with Gasteiger partial charge < -0.3 is 5.32 Å². The molecule has 0 radical (unpaired) electrons. The fourth-order valence-electron chi connectivity index (χ4n) is 2.74. The van der Waals surface area contributed by atoms with E-state index in [0.29, 0.717) is 0 Å². The van der Waals surface area contributed by atoms with Crippen LogP contribution >= 0.6 is 0 Å². The second-order valence-electron chi connectivity index (χ2n) is 4.79. The van der Waals surface area contributed by atoms with Crippen molar-refractivity contribution in [1.29, 1.82) is 0 Å². The Morgan fingerprint density at radius 2 is 1.42 bits per heavy atom. The van der Waals surface area contributed by atoms with E-state index in [1.54, 1.807) is 0 Å². The van der Waals surface area contributed by atoms with Crippen LogP contribution in [0.1, 0.15) is 58.7 Å². The summed E-state index contributed by atoms with van der Waals surface area (Å²) < 4.78 is 0. The molecule has 0 saturated carbocycles. The van der Waals surface area contributed by atoms with E-state index in [-0.39, 0.29) is 11.8 Å². The lowest BCUT2D eigenvalue weighted by Gasteiger charge is -2.10. The molecule has 0 saturated heterocycles. The quantitative estimate of drug-likeness (QED) is 0.603. The van der Waals surface area contributed by atoms with Crippen molar-refractivity contribution in [3.63, 3.8) is 0 Å². The Bertz CT molecular complexity index is 825. The maximum Gasteiger partial charge on any atom is 0.238 e. The Kier molecular flexibility index (Phi) is 8.99. The van der Waals surface area contributed by atoms with Crippen LogP contribution in [0.15, 0.2) is 54.9 Å². The fourth-order valence-corrected chi connectivity index (χ4v) is 2.74. The Morgan fingerprint density at radius 1 is 0.808 bits per heavy atom. The Labute approximate surface area is 156 Å². The van der Waals surface area contributed by atoms with Crippen molar-refractivity contribution >= 4 is 22.5 Å². The number of rotatable bonds is 1. The number of hydrogen-bond acceptors (Lipinski definition) is 3. The standard InChI is InChI=1S/C16H11N3O.3C2H6/c20-16-14(10-5-1-4-8-13(10)19-16)15-11-6-2-3-7-12(11)17-9-18-15;3*1-2/h1-9,14H,(H,19,20);3*1-2H3. The molecule has 2 heterocycles. The summed E-state index contributed by atoms with van der Waals surface area (Å²) in [5.41, 5.74) is 3.46. The van der Waals surface area contributed by atoms with Gasteiger partial charge in [0.25, 0.3) is 0 Å². The summed E-state index contributed by atoms with van der Waals surface area (Å²) in [6.45, 7) is 12.0. The summed E-state index contributed by atoms with van der Waals surface area (Å²) in [5.74, 6) is -0.394. The molecule has 0 bridgehead atoms. The first-order valence-corrected chi connectivity index (χ1v) is 9.44. The molecular weight excluding hydrogens is 322 g/mol. The average Bonchev–Trinajstić information content (AvgIpc) is 3.07. The highest BCUT2D eigenvalue weighted by Crippen LogP contribution is 2.38. The number of hydrogen-bond donors (Lipinski definition) is 1. The second-order valence-corrected chi connectivity index (χ2v) is 4.79. The number of amides is 1. The Hall–Kier alpha value is -2.75. The van der Waals surface area contributed by atoms with Crippen LogP contribution in [0, 0.1) is 0 Å². The van der Waals surface area contributed by atoms with Gasteiger partial charge in [0, 0.05) is 11.1 Å². The lowest BCUT2D eigenvalue weighted by molar-refractivity contribution is -0.116. The molecule has 0 spiro atoms. The first kappa shape index (κ1) is 21.3. The largest absolute Gasteiger partial charge is 0.325 e. The third-order valence-corrected chi connectivity index (χ3v) is 3.64. The van der Waals surface area contributed by atoms with Gasteiger partial charge in [-0.3, -0.25) is 4.79 Å². The van der Waals surface area contributed by atoms with Gasteiger partial charge in [0.2, 0.25) is 5.91 Å². The van der Waals surface area contributed by atoms with Gasteiger partial charge in [-0.2, -0.15) is 0 Å². The lowest BCUT2D eigenvalue weighted by atomic mass is 9.94.